The van der Waals surface area contributed by atoms with E-state index >= 15 is 0 Å². The van der Waals surface area contributed by atoms with E-state index in [1.54, 1.807) is 37.3 Å². The van der Waals surface area contributed by atoms with Crippen molar-refractivity contribution in [2.75, 3.05) is 12.0 Å². The Morgan fingerprint density at radius 3 is 2.40 bits per heavy atom. The maximum absolute atomic E-state index is 14.0. The zero-order valence-corrected chi connectivity index (χ0v) is 22.3. The maximum Gasteiger partial charge on any atom is 0.238 e. The zero-order chi connectivity index (χ0) is 28.5. The molecule has 1 saturated heterocycles. The van der Waals surface area contributed by atoms with Gasteiger partial charge in [-0.25, -0.2) is 0 Å². The molecular formula is C32H27NO7. The van der Waals surface area contributed by atoms with Gasteiger partial charge in [0.2, 0.25) is 11.8 Å². The highest BCUT2D eigenvalue weighted by Crippen LogP contribution is 2.56. The van der Waals surface area contributed by atoms with Crippen LogP contribution in [0.4, 0.5) is 5.69 Å². The summed E-state index contributed by atoms with van der Waals surface area (Å²) >= 11 is 0. The summed E-state index contributed by atoms with van der Waals surface area (Å²) in [6.45, 7) is 3.05. The van der Waals surface area contributed by atoms with Crippen molar-refractivity contribution >= 4 is 34.9 Å². The Balaban J connectivity index is 1.47. The van der Waals surface area contributed by atoms with Crippen molar-refractivity contribution < 1.29 is 33.8 Å². The Bertz CT molecular complexity index is 1620. The Labute approximate surface area is 230 Å². The highest BCUT2D eigenvalue weighted by molar-refractivity contribution is 6.25. The minimum Gasteiger partial charge on any atom is -0.508 e. The van der Waals surface area contributed by atoms with Crippen molar-refractivity contribution in [2.24, 2.45) is 17.8 Å². The highest BCUT2D eigenvalue weighted by atomic mass is 16.5. The quantitative estimate of drug-likeness (QED) is 0.268. The van der Waals surface area contributed by atoms with E-state index in [1.807, 2.05) is 6.08 Å². The Morgan fingerprint density at radius 2 is 1.73 bits per heavy atom. The van der Waals surface area contributed by atoms with Gasteiger partial charge in [0.15, 0.2) is 17.3 Å². The smallest absolute Gasteiger partial charge is 0.238 e. The van der Waals surface area contributed by atoms with Crippen LogP contribution in [0.2, 0.25) is 0 Å². The summed E-state index contributed by atoms with van der Waals surface area (Å²) in [7, 11) is 1.46. The van der Waals surface area contributed by atoms with Gasteiger partial charge >= 0.3 is 0 Å². The first kappa shape index (κ1) is 25.7. The van der Waals surface area contributed by atoms with E-state index in [1.165, 1.54) is 37.1 Å². The molecule has 4 atom stereocenters. The SMILES string of the molecule is COc1cc(O)ccc1C1C2=CCC3C(=O)N(c4ccc(C(C)=O)cc4)C(=O)C3C2CC2=C1C(=O)C=C(C)C2=O. The van der Waals surface area contributed by atoms with E-state index in [-0.39, 0.29) is 41.3 Å². The van der Waals surface area contributed by atoms with E-state index in [9.17, 15) is 29.1 Å². The van der Waals surface area contributed by atoms with E-state index < -0.39 is 23.7 Å². The van der Waals surface area contributed by atoms with E-state index in [0.717, 1.165) is 5.57 Å². The third kappa shape index (κ3) is 3.70. The fourth-order valence-corrected chi connectivity index (χ4v) is 6.78. The van der Waals surface area contributed by atoms with E-state index in [2.05, 4.69) is 0 Å². The van der Waals surface area contributed by atoms with E-state index in [4.69, 9.17) is 4.74 Å². The van der Waals surface area contributed by atoms with Crippen molar-refractivity contribution in [1.82, 2.24) is 0 Å². The molecule has 3 aliphatic carbocycles. The van der Waals surface area contributed by atoms with Crippen molar-refractivity contribution in [1.29, 1.82) is 0 Å². The van der Waals surface area contributed by atoms with Gasteiger partial charge < -0.3 is 9.84 Å². The summed E-state index contributed by atoms with van der Waals surface area (Å²) in [4.78, 5) is 67.3. The number of amides is 2. The Kier molecular flexibility index (Phi) is 5.94. The van der Waals surface area contributed by atoms with Crippen LogP contribution < -0.4 is 9.64 Å². The predicted octanol–water partition coefficient (Wildman–Crippen LogP) is 4.24. The van der Waals surface area contributed by atoms with Crippen molar-refractivity contribution in [2.45, 2.75) is 32.6 Å². The van der Waals surface area contributed by atoms with Crippen LogP contribution in [0, 0.1) is 17.8 Å². The number of hydrogen-bond acceptors (Lipinski definition) is 7. The number of benzene rings is 2. The average Bonchev–Trinajstić information content (AvgIpc) is 3.20. The van der Waals surface area contributed by atoms with Crippen LogP contribution >= 0.6 is 0 Å². The molecule has 1 fully saturated rings. The van der Waals surface area contributed by atoms with Crippen molar-refractivity contribution in [3.8, 4) is 11.5 Å². The molecule has 2 aromatic rings. The normalized spacial score (nSPS) is 25.7. The number of ketones is 3. The molecule has 8 nitrogen and oxygen atoms in total. The fourth-order valence-electron chi connectivity index (χ4n) is 6.78. The fraction of sp³-hybridized carbons (Fsp3) is 0.281. The molecule has 6 rings (SSSR count). The molecular weight excluding hydrogens is 510 g/mol. The van der Waals surface area contributed by atoms with Gasteiger partial charge in [0.25, 0.3) is 0 Å². The molecule has 0 bridgehead atoms. The lowest BCUT2D eigenvalue weighted by Gasteiger charge is -2.42. The number of ether oxygens (including phenoxy) is 1. The highest BCUT2D eigenvalue weighted by Gasteiger charge is 2.56. The van der Waals surface area contributed by atoms with Crippen LogP contribution in [-0.2, 0) is 19.2 Å². The number of anilines is 1. The molecule has 1 heterocycles. The number of Topliss-reactive ketones (excluding diaryl/α,β-unsaturated/α-hetero) is 2. The average molecular weight is 538 g/mol. The zero-order valence-electron chi connectivity index (χ0n) is 22.3. The number of allylic oxidation sites excluding steroid dienone is 6. The molecule has 40 heavy (non-hydrogen) atoms. The first-order chi connectivity index (χ1) is 19.1. The van der Waals surface area contributed by atoms with Gasteiger partial charge in [-0.05, 0) is 69.0 Å². The summed E-state index contributed by atoms with van der Waals surface area (Å²) in [5, 5.41) is 10.1. The molecule has 1 N–H and O–H groups in total. The standard InChI is InChI=1S/C32H27NO7/c1-15-12-25(36)29-24(30(15)37)14-23-20(27(29)21-9-8-19(35)13-26(21)40-3)10-11-22-28(23)32(39)33(31(22)38)18-6-4-17(5-7-18)16(2)34/h4-10,12-13,22-23,27-28,35H,11,14H2,1-3H3. The van der Waals surface area contributed by atoms with Gasteiger partial charge in [-0.2, -0.15) is 0 Å². The molecule has 202 valence electrons. The number of nitrogens with zero attached hydrogens (tertiary/aromatic N) is 1. The van der Waals surface area contributed by atoms with Crippen LogP contribution in [0.1, 0.15) is 48.5 Å². The number of imide groups is 1. The summed E-state index contributed by atoms with van der Waals surface area (Å²) < 4.78 is 5.57. The monoisotopic (exact) mass is 537 g/mol. The molecule has 4 unspecified atom stereocenters. The van der Waals surface area contributed by atoms with Gasteiger partial charge in [0.05, 0.1) is 24.6 Å². The second-order valence-corrected chi connectivity index (χ2v) is 10.8. The minimum atomic E-state index is -0.714. The first-order valence-corrected chi connectivity index (χ1v) is 13.2. The summed E-state index contributed by atoms with van der Waals surface area (Å²) in [6.07, 6.45) is 3.76. The number of carbonyl (C=O) groups excluding carboxylic acids is 5. The van der Waals surface area contributed by atoms with Crippen LogP contribution in [0.25, 0.3) is 0 Å². The number of rotatable bonds is 4. The molecule has 1 aliphatic heterocycles. The van der Waals surface area contributed by atoms with Gasteiger partial charge in [-0.3, -0.25) is 28.9 Å². The second-order valence-electron chi connectivity index (χ2n) is 10.8. The number of hydrogen-bond donors (Lipinski definition) is 1. The lowest BCUT2D eigenvalue weighted by atomic mass is 9.59. The first-order valence-electron chi connectivity index (χ1n) is 13.2. The minimum absolute atomic E-state index is 0.00959. The topological polar surface area (TPSA) is 118 Å². The number of phenolic OH excluding ortho intramolecular Hbond substituents is 1. The summed E-state index contributed by atoms with van der Waals surface area (Å²) in [5.41, 5.74) is 3.32. The summed E-state index contributed by atoms with van der Waals surface area (Å²) in [5.74, 6) is -3.44. The van der Waals surface area contributed by atoms with Gasteiger partial charge in [0.1, 0.15) is 11.5 Å². The Hall–Kier alpha value is -4.59. The van der Waals surface area contributed by atoms with Gasteiger partial charge in [-0.15, -0.1) is 0 Å². The number of carbonyl (C=O) groups is 5. The lowest BCUT2D eigenvalue weighted by molar-refractivity contribution is -0.123. The molecule has 0 radical (unpaired) electrons. The van der Waals surface area contributed by atoms with Crippen LogP contribution in [0.5, 0.6) is 11.5 Å². The van der Waals surface area contributed by atoms with Crippen molar-refractivity contribution in [3.05, 3.63) is 88.0 Å². The third-order valence-electron chi connectivity index (χ3n) is 8.62. The molecule has 8 heteroatoms. The molecule has 2 amide bonds. The third-order valence-corrected chi connectivity index (χ3v) is 8.62. The molecule has 0 aromatic heterocycles. The van der Waals surface area contributed by atoms with Gasteiger partial charge in [-0.1, -0.05) is 17.7 Å². The predicted molar refractivity (Wildman–Crippen MR) is 145 cm³/mol. The lowest BCUT2D eigenvalue weighted by Crippen LogP contribution is -2.39. The number of phenols is 1. The van der Waals surface area contributed by atoms with Crippen LogP contribution in [-0.4, -0.2) is 41.4 Å². The molecule has 0 spiro atoms. The van der Waals surface area contributed by atoms with Crippen LogP contribution in [0.15, 0.2) is 76.9 Å². The van der Waals surface area contributed by atoms with E-state index in [0.29, 0.717) is 45.7 Å². The van der Waals surface area contributed by atoms with Gasteiger partial charge in [0, 0.05) is 39.8 Å². The molecule has 0 saturated carbocycles. The number of aromatic hydroxyl groups is 1. The number of methoxy groups -OCH3 is 1. The Morgan fingerprint density at radius 1 is 1.00 bits per heavy atom. The number of fused-ring (bicyclic) bond motifs is 3. The maximum atomic E-state index is 14.0. The van der Waals surface area contributed by atoms with Crippen molar-refractivity contribution in [3.63, 3.8) is 0 Å². The second kappa shape index (κ2) is 9.26. The molecule has 4 aliphatic rings. The molecule has 2 aromatic carbocycles. The van der Waals surface area contributed by atoms with Crippen LogP contribution in [0.3, 0.4) is 0 Å². The summed E-state index contributed by atoms with van der Waals surface area (Å²) in [6, 6.07) is 11.0. The largest absolute Gasteiger partial charge is 0.508 e.